The molecule has 0 aliphatic rings. The second-order valence-corrected chi connectivity index (χ2v) is 6.34. The van der Waals surface area contributed by atoms with Crippen LogP contribution in [0.3, 0.4) is 0 Å². The summed E-state index contributed by atoms with van der Waals surface area (Å²) >= 11 is 0. The largest absolute Gasteiger partial charge is 0.326 e. The molecule has 0 bridgehead atoms. The molecule has 0 aliphatic carbocycles. The number of benzene rings is 2. The van der Waals surface area contributed by atoms with Gasteiger partial charge in [-0.1, -0.05) is 42.5 Å². The number of H-pyrrole nitrogens is 2. The summed E-state index contributed by atoms with van der Waals surface area (Å²) in [7, 11) is 0. The van der Waals surface area contributed by atoms with Crippen LogP contribution in [-0.2, 0) is 11.2 Å². The highest BCUT2D eigenvalue weighted by molar-refractivity contribution is 6.09. The Bertz CT molecular complexity index is 1130. The third-order valence-corrected chi connectivity index (χ3v) is 4.30. The monoisotopic (exact) mass is 377 g/mol. The maximum atomic E-state index is 12.5. The second-order valence-electron chi connectivity index (χ2n) is 6.34. The Labute approximate surface area is 160 Å². The molecule has 1 heterocycles. The van der Waals surface area contributed by atoms with Gasteiger partial charge in [-0.25, -0.2) is 4.79 Å². The fraction of sp³-hybridized carbons (Fsp3) is 0.143. The number of anilines is 1. The topological polar surface area (TPSA) is 112 Å². The quantitative estimate of drug-likeness (QED) is 0.572. The molecule has 1 aromatic heterocycles. The first-order valence-electron chi connectivity index (χ1n) is 8.76. The van der Waals surface area contributed by atoms with Gasteiger partial charge in [0.1, 0.15) is 0 Å². The van der Waals surface area contributed by atoms with Crippen molar-refractivity contribution in [3.63, 3.8) is 0 Å². The number of aryl methyl sites for hydroxylation is 1. The van der Waals surface area contributed by atoms with Crippen LogP contribution in [-0.4, -0.2) is 21.7 Å². The van der Waals surface area contributed by atoms with Crippen molar-refractivity contribution in [3.8, 4) is 0 Å². The number of amides is 1. The molecule has 0 saturated heterocycles. The summed E-state index contributed by atoms with van der Waals surface area (Å²) in [6.07, 6.45) is 0.249. The SMILES string of the molecule is Cc1[nH]c(=O)[nH]c(=O)c1CCC(=O)Nc1cccc(C(=O)c2ccccc2)c1. The van der Waals surface area contributed by atoms with Crippen LogP contribution < -0.4 is 16.6 Å². The molecule has 0 atom stereocenters. The van der Waals surface area contributed by atoms with E-state index in [0.29, 0.717) is 28.1 Å². The van der Waals surface area contributed by atoms with Gasteiger partial charge in [0.15, 0.2) is 5.78 Å². The summed E-state index contributed by atoms with van der Waals surface area (Å²) in [5, 5.41) is 2.73. The van der Waals surface area contributed by atoms with Gasteiger partial charge in [0, 0.05) is 34.5 Å². The molecule has 7 heteroatoms. The fourth-order valence-electron chi connectivity index (χ4n) is 2.88. The van der Waals surface area contributed by atoms with Crippen LogP contribution in [0.2, 0.25) is 0 Å². The molecule has 1 amide bonds. The highest BCUT2D eigenvalue weighted by atomic mass is 16.2. The summed E-state index contributed by atoms with van der Waals surface area (Å²) in [6, 6.07) is 15.6. The average Bonchev–Trinajstić information content (AvgIpc) is 2.67. The maximum Gasteiger partial charge on any atom is 0.325 e. The number of aromatic amines is 2. The zero-order valence-corrected chi connectivity index (χ0v) is 15.2. The van der Waals surface area contributed by atoms with Gasteiger partial charge >= 0.3 is 5.69 Å². The first kappa shape index (κ1) is 19.0. The van der Waals surface area contributed by atoms with E-state index in [1.807, 2.05) is 6.07 Å². The molecule has 3 aromatic rings. The van der Waals surface area contributed by atoms with E-state index in [4.69, 9.17) is 0 Å². The normalized spacial score (nSPS) is 10.5. The van der Waals surface area contributed by atoms with Crippen LogP contribution in [0, 0.1) is 6.92 Å². The van der Waals surface area contributed by atoms with Crippen molar-refractivity contribution in [1.29, 1.82) is 0 Å². The van der Waals surface area contributed by atoms with Crippen molar-refractivity contribution >= 4 is 17.4 Å². The van der Waals surface area contributed by atoms with Crippen LogP contribution in [0.15, 0.2) is 64.2 Å². The lowest BCUT2D eigenvalue weighted by Gasteiger charge is -2.08. The van der Waals surface area contributed by atoms with Gasteiger partial charge in [-0.2, -0.15) is 0 Å². The third-order valence-electron chi connectivity index (χ3n) is 4.30. The van der Waals surface area contributed by atoms with E-state index in [0.717, 1.165) is 0 Å². The molecule has 3 rings (SSSR count). The van der Waals surface area contributed by atoms with E-state index in [1.54, 1.807) is 55.5 Å². The predicted octanol–water partition coefficient (Wildman–Crippen LogP) is 2.17. The van der Waals surface area contributed by atoms with E-state index in [-0.39, 0.29) is 24.5 Å². The molecular formula is C21H19N3O4. The smallest absolute Gasteiger partial charge is 0.325 e. The van der Waals surface area contributed by atoms with E-state index in [2.05, 4.69) is 15.3 Å². The number of aromatic nitrogens is 2. The lowest BCUT2D eigenvalue weighted by atomic mass is 10.0. The Hall–Kier alpha value is -3.74. The maximum absolute atomic E-state index is 12.5. The minimum absolute atomic E-state index is 0.0623. The summed E-state index contributed by atoms with van der Waals surface area (Å²) in [5.74, 6) is -0.429. The molecule has 0 spiro atoms. The van der Waals surface area contributed by atoms with Crippen LogP contribution in [0.25, 0.3) is 0 Å². The van der Waals surface area contributed by atoms with Gasteiger partial charge in [-0.15, -0.1) is 0 Å². The molecule has 0 saturated carbocycles. The minimum atomic E-state index is -0.574. The molecular weight excluding hydrogens is 358 g/mol. The number of carbonyl (C=O) groups is 2. The summed E-state index contributed by atoms with van der Waals surface area (Å²) in [4.78, 5) is 52.5. The van der Waals surface area contributed by atoms with Gasteiger partial charge in [0.25, 0.3) is 5.56 Å². The van der Waals surface area contributed by atoms with Crippen LogP contribution in [0.5, 0.6) is 0 Å². The van der Waals surface area contributed by atoms with E-state index < -0.39 is 11.2 Å². The predicted molar refractivity (Wildman–Crippen MR) is 106 cm³/mol. The second kappa shape index (κ2) is 8.30. The first-order valence-corrected chi connectivity index (χ1v) is 8.76. The average molecular weight is 377 g/mol. The molecule has 28 heavy (non-hydrogen) atoms. The van der Waals surface area contributed by atoms with Crippen molar-refractivity contribution in [2.45, 2.75) is 19.8 Å². The minimum Gasteiger partial charge on any atom is -0.326 e. The van der Waals surface area contributed by atoms with Crippen molar-refractivity contribution in [3.05, 3.63) is 97.8 Å². The molecule has 142 valence electrons. The molecule has 2 aromatic carbocycles. The van der Waals surface area contributed by atoms with Gasteiger partial charge in [0.2, 0.25) is 5.91 Å². The van der Waals surface area contributed by atoms with E-state index >= 15 is 0 Å². The van der Waals surface area contributed by atoms with Gasteiger partial charge in [0.05, 0.1) is 0 Å². The third kappa shape index (κ3) is 4.50. The molecule has 3 N–H and O–H groups in total. The van der Waals surface area contributed by atoms with Crippen molar-refractivity contribution in [2.75, 3.05) is 5.32 Å². The Morgan fingerprint density at radius 1 is 0.929 bits per heavy atom. The Morgan fingerprint density at radius 3 is 2.36 bits per heavy atom. The van der Waals surface area contributed by atoms with Gasteiger partial charge in [-0.3, -0.25) is 19.4 Å². The summed E-state index contributed by atoms with van der Waals surface area (Å²) < 4.78 is 0. The highest BCUT2D eigenvalue weighted by Gasteiger charge is 2.12. The Kier molecular flexibility index (Phi) is 5.64. The van der Waals surface area contributed by atoms with E-state index in [9.17, 15) is 19.2 Å². The number of hydrogen-bond donors (Lipinski definition) is 3. The fourth-order valence-corrected chi connectivity index (χ4v) is 2.88. The zero-order chi connectivity index (χ0) is 20.1. The van der Waals surface area contributed by atoms with Crippen molar-refractivity contribution in [1.82, 2.24) is 9.97 Å². The number of rotatable bonds is 6. The first-order chi connectivity index (χ1) is 13.4. The van der Waals surface area contributed by atoms with Gasteiger partial charge in [-0.05, 0) is 25.5 Å². The molecule has 7 nitrogen and oxygen atoms in total. The van der Waals surface area contributed by atoms with Crippen LogP contribution in [0.1, 0.15) is 33.6 Å². The van der Waals surface area contributed by atoms with Gasteiger partial charge < -0.3 is 10.3 Å². The lowest BCUT2D eigenvalue weighted by molar-refractivity contribution is -0.116. The zero-order valence-electron chi connectivity index (χ0n) is 15.2. The van der Waals surface area contributed by atoms with E-state index in [1.165, 1.54) is 0 Å². The number of hydrogen-bond acceptors (Lipinski definition) is 4. The Balaban J connectivity index is 1.67. The van der Waals surface area contributed by atoms with Crippen molar-refractivity contribution < 1.29 is 9.59 Å². The number of carbonyl (C=O) groups excluding carboxylic acids is 2. The molecule has 0 aliphatic heterocycles. The Morgan fingerprint density at radius 2 is 1.64 bits per heavy atom. The van der Waals surface area contributed by atoms with Crippen LogP contribution in [0.4, 0.5) is 5.69 Å². The summed E-state index contributed by atoms with van der Waals surface area (Å²) in [6.45, 7) is 1.61. The number of nitrogens with one attached hydrogen (secondary N) is 3. The standard InChI is InChI=1S/C21H19N3O4/c1-13-17(20(27)24-21(28)22-13)10-11-18(25)23-16-9-5-8-15(12-16)19(26)14-6-3-2-4-7-14/h2-9,12H,10-11H2,1H3,(H,23,25)(H2,22,24,27,28). The molecule has 0 fully saturated rings. The molecule has 0 radical (unpaired) electrons. The summed E-state index contributed by atoms with van der Waals surface area (Å²) in [5.41, 5.74) is 1.27. The van der Waals surface area contributed by atoms with Crippen LogP contribution >= 0.6 is 0 Å². The molecule has 0 unspecified atom stereocenters. The highest BCUT2D eigenvalue weighted by Crippen LogP contribution is 2.15. The van der Waals surface area contributed by atoms with Crippen molar-refractivity contribution in [2.24, 2.45) is 0 Å². The lowest BCUT2D eigenvalue weighted by Crippen LogP contribution is -2.27. The number of ketones is 1.